The van der Waals surface area contributed by atoms with Crippen LogP contribution in [0.5, 0.6) is 5.75 Å². The Balaban J connectivity index is 1.47. The molecule has 1 fully saturated rings. The molecular weight excluding hydrogens is 300 g/mol. The maximum Gasteiger partial charge on any atom is 0.227 e. The van der Waals surface area contributed by atoms with Gasteiger partial charge in [0, 0.05) is 18.2 Å². The van der Waals surface area contributed by atoms with Crippen LogP contribution in [0.2, 0.25) is 0 Å². The van der Waals surface area contributed by atoms with Gasteiger partial charge in [-0.1, -0.05) is 30.3 Å². The van der Waals surface area contributed by atoms with E-state index in [0.29, 0.717) is 0 Å². The number of nitrogens with zero attached hydrogens (tertiary/aromatic N) is 1. The van der Waals surface area contributed by atoms with E-state index in [0.717, 1.165) is 43.9 Å². The molecule has 3 rings (SSSR count). The van der Waals surface area contributed by atoms with Gasteiger partial charge in [0.05, 0.1) is 7.11 Å². The van der Waals surface area contributed by atoms with Crippen molar-refractivity contribution in [1.82, 2.24) is 4.90 Å². The maximum atomic E-state index is 12.4. The number of carbonyl (C=O) groups excluding carboxylic acids is 1. The van der Waals surface area contributed by atoms with E-state index in [-0.39, 0.29) is 11.8 Å². The number of hydrogen-bond acceptors (Lipinski definition) is 3. The first-order valence-electron chi connectivity index (χ1n) is 8.46. The Kier molecular flexibility index (Phi) is 5.49. The number of amides is 1. The first-order chi connectivity index (χ1) is 11.7. The molecule has 1 amide bonds. The van der Waals surface area contributed by atoms with E-state index in [2.05, 4.69) is 34.5 Å². The average molecular weight is 324 g/mol. The maximum absolute atomic E-state index is 12.4. The first kappa shape index (κ1) is 16.5. The lowest BCUT2D eigenvalue weighted by Gasteiger charge is -2.31. The van der Waals surface area contributed by atoms with Crippen molar-refractivity contribution in [3.8, 4) is 5.75 Å². The summed E-state index contributed by atoms with van der Waals surface area (Å²) in [7, 11) is 1.64. The van der Waals surface area contributed by atoms with E-state index in [9.17, 15) is 4.79 Å². The zero-order valence-corrected chi connectivity index (χ0v) is 14.1. The second kappa shape index (κ2) is 7.97. The summed E-state index contributed by atoms with van der Waals surface area (Å²) in [6.45, 7) is 2.90. The van der Waals surface area contributed by atoms with Gasteiger partial charge in [-0.3, -0.25) is 9.69 Å². The number of methoxy groups -OCH3 is 1. The Morgan fingerprint density at radius 2 is 1.75 bits per heavy atom. The molecule has 126 valence electrons. The monoisotopic (exact) mass is 324 g/mol. The van der Waals surface area contributed by atoms with Crippen molar-refractivity contribution in [1.29, 1.82) is 0 Å². The minimum atomic E-state index is 0.0964. The number of ether oxygens (including phenoxy) is 1. The van der Waals surface area contributed by atoms with E-state index in [1.54, 1.807) is 7.11 Å². The van der Waals surface area contributed by atoms with Crippen LogP contribution in [0, 0.1) is 5.92 Å². The summed E-state index contributed by atoms with van der Waals surface area (Å²) in [5, 5.41) is 3.01. The number of nitrogens with one attached hydrogen (secondary N) is 1. The minimum absolute atomic E-state index is 0.0964. The standard InChI is InChI=1S/C20H24N2O2/c1-24-19-9-7-18(8-10-19)21-20(23)17-11-13-22(14-12-17)15-16-5-3-2-4-6-16/h2-10,17H,11-15H2,1H3,(H,21,23). The third-order valence-corrected chi connectivity index (χ3v) is 4.56. The van der Waals surface area contributed by atoms with Gasteiger partial charge in [-0.15, -0.1) is 0 Å². The van der Waals surface area contributed by atoms with Crippen molar-refractivity contribution in [3.05, 3.63) is 60.2 Å². The van der Waals surface area contributed by atoms with Crippen LogP contribution < -0.4 is 10.1 Å². The van der Waals surface area contributed by atoms with E-state index >= 15 is 0 Å². The molecule has 2 aromatic rings. The quantitative estimate of drug-likeness (QED) is 0.914. The molecule has 0 aromatic heterocycles. The first-order valence-corrected chi connectivity index (χ1v) is 8.46. The molecule has 0 atom stereocenters. The molecule has 0 radical (unpaired) electrons. The van der Waals surface area contributed by atoms with Gasteiger partial charge in [0.2, 0.25) is 5.91 Å². The Bertz CT molecular complexity index is 647. The van der Waals surface area contributed by atoms with Crippen molar-refractivity contribution in [3.63, 3.8) is 0 Å². The summed E-state index contributed by atoms with van der Waals surface area (Å²) >= 11 is 0. The number of anilines is 1. The molecule has 0 unspecified atom stereocenters. The molecule has 4 nitrogen and oxygen atoms in total. The van der Waals surface area contributed by atoms with Crippen molar-refractivity contribution in [2.45, 2.75) is 19.4 Å². The van der Waals surface area contributed by atoms with Crippen molar-refractivity contribution in [2.75, 3.05) is 25.5 Å². The molecule has 1 saturated heterocycles. The lowest BCUT2D eigenvalue weighted by atomic mass is 9.95. The highest BCUT2D eigenvalue weighted by Gasteiger charge is 2.24. The van der Waals surface area contributed by atoms with Gasteiger partial charge < -0.3 is 10.1 Å². The summed E-state index contributed by atoms with van der Waals surface area (Å²) in [5.74, 6) is 1.01. The molecule has 0 aliphatic carbocycles. The molecule has 1 aliphatic rings. The normalized spacial score (nSPS) is 15.9. The molecule has 1 N–H and O–H groups in total. The van der Waals surface area contributed by atoms with Crippen LogP contribution in [0.4, 0.5) is 5.69 Å². The fraction of sp³-hybridized carbons (Fsp3) is 0.350. The zero-order chi connectivity index (χ0) is 16.8. The van der Waals surface area contributed by atoms with Crippen LogP contribution in [0.3, 0.4) is 0 Å². The van der Waals surface area contributed by atoms with Crippen LogP contribution >= 0.6 is 0 Å². The molecule has 1 aliphatic heterocycles. The Hall–Kier alpha value is -2.33. The lowest BCUT2D eigenvalue weighted by Crippen LogP contribution is -2.37. The molecular formula is C20H24N2O2. The highest BCUT2D eigenvalue weighted by atomic mass is 16.5. The number of carbonyl (C=O) groups is 1. The molecule has 0 saturated carbocycles. The molecule has 24 heavy (non-hydrogen) atoms. The van der Waals surface area contributed by atoms with Crippen LogP contribution in [-0.2, 0) is 11.3 Å². The number of piperidine rings is 1. The second-order valence-corrected chi connectivity index (χ2v) is 6.25. The second-order valence-electron chi connectivity index (χ2n) is 6.25. The predicted octanol–water partition coefficient (Wildman–Crippen LogP) is 3.55. The van der Waals surface area contributed by atoms with E-state index in [4.69, 9.17) is 4.74 Å². The van der Waals surface area contributed by atoms with E-state index < -0.39 is 0 Å². The molecule has 0 spiro atoms. The van der Waals surface area contributed by atoms with Gasteiger partial charge >= 0.3 is 0 Å². The molecule has 2 aromatic carbocycles. The van der Waals surface area contributed by atoms with Gasteiger partial charge in [-0.25, -0.2) is 0 Å². The third kappa shape index (κ3) is 4.36. The summed E-state index contributed by atoms with van der Waals surface area (Å²) in [6.07, 6.45) is 1.82. The largest absolute Gasteiger partial charge is 0.497 e. The lowest BCUT2D eigenvalue weighted by molar-refractivity contribution is -0.121. The Morgan fingerprint density at radius 3 is 2.38 bits per heavy atom. The van der Waals surface area contributed by atoms with E-state index in [1.165, 1.54) is 5.56 Å². The number of likely N-dealkylation sites (tertiary alicyclic amines) is 1. The van der Waals surface area contributed by atoms with Crippen LogP contribution in [0.1, 0.15) is 18.4 Å². The van der Waals surface area contributed by atoms with E-state index in [1.807, 2.05) is 30.3 Å². The number of benzene rings is 2. The predicted molar refractivity (Wildman–Crippen MR) is 96.1 cm³/mol. The zero-order valence-electron chi connectivity index (χ0n) is 14.1. The van der Waals surface area contributed by atoms with Crippen LogP contribution in [0.15, 0.2) is 54.6 Å². The highest BCUT2D eigenvalue weighted by Crippen LogP contribution is 2.22. The number of rotatable bonds is 5. The van der Waals surface area contributed by atoms with Gasteiger partial charge in [-0.2, -0.15) is 0 Å². The topological polar surface area (TPSA) is 41.6 Å². The summed E-state index contributed by atoms with van der Waals surface area (Å²) in [6, 6.07) is 18.0. The fourth-order valence-corrected chi connectivity index (χ4v) is 3.11. The van der Waals surface area contributed by atoms with Gasteiger partial charge in [0.25, 0.3) is 0 Å². The fourth-order valence-electron chi connectivity index (χ4n) is 3.11. The average Bonchev–Trinajstić information content (AvgIpc) is 2.64. The Morgan fingerprint density at radius 1 is 1.08 bits per heavy atom. The van der Waals surface area contributed by atoms with Gasteiger partial charge in [0.15, 0.2) is 0 Å². The Labute approximate surface area is 143 Å². The highest BCUT2D eigenvalue weighted by molar-refractivity contribution is 5.92. The van der Waals surface area contributed by atoms with Crippen molar-refractivity contribution >= 4 is 11.6 Å². The smallest absolute Gasteiger partial charge is 0.227 e. The van der Waals surface area contributed by atoms with Crippen LogP contribution in [-0.4, -0.2) is 31.0 Å². The third-order valence-electron chi connectivity index (χ3n) is 4.56. The van der Waals surface area contributed by atoms with Gasteiger partial charge in [-0.05, 0) is 55.8 Å². The molecule has 1 heterocycles. The van der Waals surface area contributed by atoms with Crippen molar-refractivity contribution in [2.24, 2.45) is 5.92 Å². The minimum Gasteiger partial charge on any atom is -0.497 e. The summed E-state index contributed by atoms with van der Waals surface area (Å²) in [4.78, 5) is 14.8. The summed E-state index contributed by atoms with van der Waals surface area (Å²) < 4.78 is 5.13. The van der Waals surface area contributed by atoms with Gasteiger partial charge in [0.1, 0.15) is 5.75 Å². The van der Waals surface area contributed by atoms with Crippen LogP contribution in [0.25, 0.3) is 0 Å². The SMILES string of the molecule is COc1ccc(NC(=O)C2CCN(Cc3ccccc3)CC2)cc1. The summed E-state index contributed by atoms with van der Waals surface area (Å²) in [5.41, 5.74) is 2.16. The molecule has 0 bridgehead atoms. The molecule has 4 heteroatoms. The number of hydrogen-bond donors (Lipinski definition) is 1. The van der Waals surface area contributed by atoms with Crippen molar-refractivity contribution < 1.29 is 9.53 Å².